The van der Waals surface area contributed by atoms with E-state index in [0.29, 0.717) is 10.7 Å². The van der Waals surface area contributed by atoms with Crippen LogP contribution in [0.1, 0.15) is 5.69 Å². The molecule has 98 valence electrons. The first-order valence-corrected chi connectivity index (χ1v) is 7.48. The molecule has 1 heterocycles. The number of hydrogen-bond acceptors (Lipinski definition) is 3. The van der Waals surface area contributed by atoms with Gasteiger partial charge >= 0.3 is 0 Å². The molecule has 0 aliphatic rings. The van der Waals surface area contributed by atoms with Crippen molar-refractivity contribution in [2.45, 2.75) is 0 Å². The number of anilines is 1. The van der Waals surface area contributed by atoms with Crippen molar-refractivity contribution in [3.05, 3.63) is 50.4 Å². The fourth-order valence-electron chi connectivity index (χ4n) is 1.44. The Morgan fingerprint density at radius 2 is 2.32 bits per heavy atom. The van der Waals surface area contributed by atoms with Crippen LogP contribution in [-0.4, -0.2) is 17.9 Å². The third kappa shape index (κ3) is 3.65. The first kappa shape index (κ1) is 14.2. The van der Waals surface area contributed by atoms with Gasteiger partial charge in [-0.3, -0.25) is 4.79 Å². The molecular formula is C13H10BrClN2OS. The van der Waals surface area contributed by atoms with E-state index in [4.69, 9.17) is 11.6 Å². The van der Waals surface area contributed by atoms with Crippen molar-refractivity contribution in [3.8, 4) is 0 Å². The van der Waals surface area contributed by atoms with Crippen LogP contribution in [0.4, 0.5) is 5.69 Å². The van der Waals surface area contributed by atoms with E-state index in [9.17, 15) is 4.79 Å². The second-order valence-electron chi connectivity index (χ2n) is 3.74. The van der Waals surface area contributed by atoms with Gasteiger partial charge in [-0.05, 0) is 24.3 Å². The van der Waals surface area contributed by atoms with Gasteiger partial charge < -0.3 is 4.90 Å². The molecule has 1 aromatic heterocycles. The Balaban J connectivity index is 2.15. The summed E-state index contributed by atoms with van der Waals surface area (Å²) in [6.45, 7) is 0. The topological polar surface area (TPSA) is 33.2 Å². The normalized spacial score (nSPS) is 10.9. The van der Waals surface area contributed by atoms with Gasteiger partial charge in [-0.1, -0.05) is 27.5 Å². The standard InChI is InChI=1S/C13H10BrClN2OS/c1-17(12-4-2-9(14)6-11(12)15)13(18)5-3-10-7-19-8-16-10/h2-8H,1H3/b5-3+. The average Bonchev–Trinajstić information content (AvgIpc) is 2.88. The second-order valence-corrected chi connectivity index (χ2v) is 5.78. The number of carbonyl (C=O) groups is 1. The molecule has 19 heavy (non-hydrogen) atoms. The molecule has 0 aliphatic carbocycles. The maximum Gasteiger partial charge on any atom is 0.250 e. The first-order chi connectivity index (χ1) is 9.08. The molecule has 0 aliphatic heterocycles. The first-order valence-electron chi connectivity index (χ1n) is 5.37. The zero-order chi connectivity index (χ0) is 13.8. The lowest BCUT2D eigenvalue weighted by Crippen LogP contribution is -2.24. The van der Waals surface area contributed by atoms with Gasteiger partial charge in [-0.25, -0.2) is 4.98 Å². The van der Waals surface area contributed by atoms with Gasteiger partial charge in [-0.15, -0.1) is 11.3 Å². The highest BCUT2D eigenvalue weighted by Gasteiger charge is 2.11. The van der Waals surface area contributed by atoms with Crippen molar-refractivity contribution in [2.75, 3.05) is 11.9 Å². The summed E-state index contributed by atoms with van der Waals surface area (Å²) in [6.07, 6.45) is 3.16. The summed E-state index contributed by atoms with van der Waals surface area (Å²) < 4.78 is 0.875. The second kappa shape index (κ2) is 6.32. The van der Waals surface area contributed by atoms with Gasteiger partial charge in [0, 0.05) is 23.0 Å². The fourth-order valence-corrected chi connectivity index (χ4v) is 2.77. The van der Waals surface area contributed by atoms with Crippen LogP contribution in [0.2, 0.25) is 5.02 Å². The zero-order valence-electron chi connectivity index (χ0n) is 10.0. The van der Waals surface area contributed by atoms with Crippen LogP contribution >= 0.6 is 38.9 Å². The van der Waals surface area contributed by atoms with Crippen molar-refractivity contribution < 1.29 is 4.79 Å². The number of hydrogen-bond donors (Lipinski definition) is 0. The van der Waals surface area contributed by atoms with E-state index in [1.807, 2.05) is 11.4 Å². The summed E-state index contributed by atoms with van der Waals surface area (Å²) in [4.78, 5) is 17.6. The number of likely N-dealkylation sites (N-methyl/N-ethyl adjacent to an activating group) is 1. The van der Waals surface area contributed by atoms with Gasteiger partial charge in [0.1, 0.15) is 0 Å². The molecule has 0 radical (unpaired) electrons. The highest BCUT2D eigenvalue weighted by molar-refractivity contribution is 9.10. The summed E-state index contributed by atoms with van der Waals surface area (Å²) in [5, 5.41) is 2.39. The molecule has 6 heteroatoms. The largest absolute Gasteiger partial charge is 0.310 e. The minimum Gasteiger partial charge on any atom is -0.310 e. The van der Waals surface area contributed by atoms with Crippen LogP contribution < -0.4 is 4.90 Å². The molecule has 0 atom stereocenters. The predicted molar refractivity (Wildman–Crippen MR) is 83.7 cm³/mol. The van der Waals surface area contributed by atoms with Gasteiger partial charge in [-0.2, -0.15) is 0 Å². The molecule has 0 bridgehead atoms. The van der Waals surface area contributed by atoms with Crippen molar-refractivity contribution in [1.29, 1.82) is 0 Å². The van der Waals surface area contributed by atoms with Crippen LogP contribution in [0.5, 0.6) is 0 Å². The molecule has 1 amide bonds. The van der Waals surface area contributed by atoms with Crippen molar-refractivity contribution in [3.63, 3.8) is 0 Å². The monoisotopic (exact) mass is 356 g/mol. The molecule has 2 aromatic rings. The Hall–Kier alpha value is -1.17. The van der Waals surface area contributed by atoms with Gasteiger partial charge in [0.05, 0.1) is 21.9 Å². The van der Waals surface area contributed by atoms with Crippen molar-refractivity contribution >= 4 is 56.5 Å². The number of carbonyl (C=O) groups excluding carboxylic acids is 1. The maximum absolute atomic E-state index is 12.0. The van der Waals surface area contributed by atoms with E-state index >= 15 is 0 Å². The van der Waals surface area contributed by atoms with Gasteiger partial charge in [0.15, 0.2) is 0 Å². The minimum absolute atomic E-state index is 0.155. The highest BCUT2D eigenvalue weighted by Crippen LogP contribution is 2.28. The van der Waals surface area contributed by atoms with Crippen LogP contribution in [-0.2, 0) is 4.79 Å². The van der Waals surface area contributed by atoms with E-state index in [1.165, 1.54) is 22.3 Å². The molecule has 2 rings (SSSR count). The number of aromatic nitrogens is 1. The smallest absolute Gasteiger partial charge is 0.250 e. The molecule has 0 unspecified atom stereocenters. The van der Waals surface area contributed by atoms with E-state index in [-0.39, 0.29) is 5.91 Å². The molecule has 0 spiro atoms. The van der Waals surface area contributed by atoms with E-state index in [2.05, 4.69) is 20.9 Å². The lowest BCUT2D eigenvalue weighted by molar-refractivity contribution is -0.113. The lowest BCUT2D eigenvalue weighted by atomic mass is 10.3. The van der Waals surface area contributed by atoms with E-state index in [1.54, 1.807) is 30.8 Å². The van der Waals surface area contributed by atoms with Crippen molar-refractivity contribution in [2.24, 2.45) is 0 Å². The molecule has 1 aromatic carbocycles. The third-order valence-electron chi connectivity index (χ3n) is 2.45. The quantitative estimate of drug-likeness (QED) is 0.770. The Morgan fingerprint density at radius 1 is 1.53 bits per heavy atom. The zero-order valence-corrected chi connectivity index (χ0v) is 13.2. The molecule has 3 nitrogen and oxygen atoms in total. The highest BCUT2D eigenvalue weighted by atomic mass is 79.9. The SMILES string of the molecule is CN(C(=O)/C=C/c1cscn1)c1ccc(Br)cc1Cl. The Kier molecular flexibility index (Phi) is 4.74. The van der Waals surface area contributed by atoms with Crippen LogP contribution in [0.15, 0.2) is 39.6 Å². The third-order valence-corrected chi connectivity index (χ3v) is 3.85. The summed E-state index contributed by atoms with van der Waals surface area (Å²) in [6, 6.07) is 5.39. The summed E-state index contributed by atoms with van der Waals surface area (Å²) in [5.74, 6) is -0.155. The number of nitrogens with zero attached hydrogens (tertiary/aromatic N) is 2. The minimum atomic E-state index is -0.155. The average molecular weight is 358 g/mol. The fraction of sp³-hybridized carbons (Fsp3) is 0.0769. The predicted octanol–water partition coefficient (Wildman–Crippen LogP) is 4.24. The summed E-state index contributed by atoms with van der Waals surface area (Å²) in [7, 11) is 1.68. The molecular weight excluding hydrogens is 348 g/mol. The molecule has 0 saturated carbocycles. The number of thiazole rings is 1. The number of amides is 1. The van der Waals surface area contributed by atoms with Crippen molar-refractivity contribution in [1.82, 2.24) is 4.98 Å². The van der Waals surface area contributed by atoms with Gasteiger partial charge in [0.2, 0.25) is 0 Å². The van der Waals surface area contributed by atoms with Gasteiger partial charge in [0.25, 0.3) is 5.91 Å². The summed E-state index contributed by atoms with van der Waals surface area (Å²) >= 11 is 10.9. The van der Waals surface area contributed by atoms with Crippen LogP contribution in [0.3, 0.4) is 0 Å². The number of benzene rings is 1. The number of halogens is 2. The molecule has 0 fully saturated rings. The summed E-state index contributed by atoms with van der Waals surface area (Å²) in [5.41, 5.74) is 3.16. The maximum atomic E-state index is 12.0. The Bertz CT molecular complexity index is 613. The molecule has 0 N–H and O–H groups in total. The number of rotatable bonds is 3. The Morgan fingerprint density at radius 3 is 2.95 bits per heavy atom. The van der Waals surface area contributed by atoms with E-state index in [0.717, 1.165) is 10.2 Å². The lowest BCUT2D eigenvalue weighted by Gasteiger charge is -2.16. The Labute approximate surface area is 128 Å². The van der Waals surface area contributed by atoms with Crippen LogP contribution in [0, 0.1) is 0 Å². The molecule has 0 saturated heterocycles. The van der Waals surface area contributed by atoms with Crippen LogP contribution in [0.25, 0.3) is 6.08 Å². The van der Waals surface area contributed by atoms with E-state index < -0.39 is 0 Å².